The first-order valence-corrected chi connectivity index (χ1v) is 0. The summed E-state index contributed by atoms with van der Waals surface area (Å²) in [5, 5.41) is 0. The molecule has 9 heteroatoms. The predicted octanol–water partition coefficient (Wildman–Crippen LogP) is -3.60. The zero-order chi connectivity index (χ0) is 0. The number of hydrogen-bond acceptors (Lipinski definition) is 0. The first kappa shape index (κ1) is 246. The third-order valence-electron chi connectivity index (χ3n) is 0. The van der Waals surface area contributed by atoms with E-state index in [2.05, 4.69) is 0 Å². The van der Waals surface area contributed by atoms with Gasteiger partial charge in [0.2, 0.25) is 0 Å². The van der Waals surface area contributed by atoms with Crippen LogP contribution in [0.15, 0.2) is 0 Å². The molecule has 0 fully saturated rings. The first-order valence-electron chi connectivity index (χ1n) is 0. The van der Waals surface area contributed by atoms with Crippen molar-refractivity contribution in [3.63, 3.8) is 0 Å². The third-order valence-corrected chi connectivity index (χ3v) is 0. The molecule has 0 aromatic carbocycles. The molecular weight excluding hydrogens is 242 g/mol. The summed E-state index contributed by atoms with van der Waals surface area (Å²) >= 11 is 0. The van der Waals surface area contributed by atoms with E-state index in [-0.39, 0.29) is 102 Å². The van der Waals surface area contributed by atoms with Crippen molar-refractivity contribution in [2.45, 2.75) is 0 Å². The van der Waals surface area contributed by atoms with Gasteiger partial charge >= 0.3 is 75.0 Å². The fraction of sp³-hybridized carbons (Fsp3) is 0. The normalized spacial score (nSPS) is 0. The average Bonchev–Trinajstić information content (AvgIpc) is 0. The van der Waals surface area contributed by atoms with E-state index in [1.165, 1.54) is 0 Å². The Hall–Kier alpha value is 2.16. The summed E-state index contributed by atoms with van der Waals surface area (Å²) in [5.41, 5.74) is 0. The monoisotopic (exact) mass is 242 g/mol. The summed E-state index contributed by atoms with van der Waals surface area (Å²) < 4.78 is 0. The summed E-state index contributed by atoms with van der Waals surface area (Å²) in [7, 11) is 0. The van der Waals surface area contributed by atoms with Crippen molar-refractivity contribution in [3.05, 3.63) is 0 Å². The zero-order valence-electron chi connectivity index (χ0n) is 4.33. The van der Waals surface area contributed by atoms with Crippen LogP contribution in [0.2, 0.25) is 0 Å². The molecule has 0 aliphatic heterocycles. The number of rotatable bonds is 0. The van der Waals surface area contributed by atoms with Crippen molar-refractivity contribution in [1.82, 2.24) is 0 Å². The van der Waals surface area contributed by atoms with E-state index in [1.807, 2.05) is 0 Å². The largest absolute Gasteiger partial charge is 4.00 e. The van der Waals surface area contributed by atoms with E-state index in [9.17, 15) is 0 Å². The van der Waals surface area contributed by atoms with Gasteiger partial charge < -0.3 is 27.4 Å². The van der Waals surface area contributed by atoms with Crippen LogP contribution >= 0.6 is 0 Å². The minimum atomic E-state index is 0. The van der Waals surface area contributed by atoms with Gasteiger partial charge in [-0.15, -0.1) is 0 Å². The predicted molar refractivity (Wildman–Crippen MR) is 3.43 cm³/mol. The average molecular weight is 242 g/mol. The van der Waals surface area contributed by atoms with Crippen molar-refractivity contribution in [2.24, 2.45) is 0 Å². The van der Waals surface area contributed by atoms with Gasteiger partial charge in [-0.2, -0.15) is 0 Å². The second kappa shape index (κ2) is 182. The molecule has 0 rings (SSSR count). The van der Waals surface area contributed by atoms with Gasteiger partial charge in [0.15, 0.2) is 0 Å². The van der Waals surface area contributed by atoms with Gasteiger partial charge in [-0.25, -0.2) is 0 Å². The van der Waals surface area contributed by atoms with Crippen LogP contribution in [0, 0.1) is 0 Å². The van der Waals surface area contributed by atoms with Gasteiger partial charge in [0.25, 0.3) is 0 Å². The topological polar surface area (TPSA) is 142 Å². The maximum Gasteiger partial charge on any atom is 4.00 e. The van der Waals surface area contributed by atoms with Crippen LogP contribution in [0.3, 0.4) is 0 Å². The molecule has 0 aliphatic rings. The molecule has 0 amide bonds. The van der Waals surface area contributed by atoms with Crippen molar-refractivity contribution >= 4 is 0 Å². The van der Waals surface area contributed by atoms with Crippen LogP contribution < -0.4 is 18.9 Å². The van der Waals surface area contributed by atoms with Crippen molar-refractivity contribution in [1.29, 1.82) is 0 Å². The molecule has 0 N–H and O–H groups in total. The summed E-state index contributed by atoms with van der Waals surface area (Å²) in [6.45, 7) is 0. The minimum absolute atomic E-state index is 0. The van der Waals surface area contributed by atoms with E-state index < -0.39 is 0 Å². The molecular formula is CrLiMnO5Ti. The molecule has 48 valence electrons. The molecule has 0 aromatic heterocycles. The molecule has 0 bridgehead atoms. The van der Waals surface area contributed by atoms with Crippen LogP contribution in [0.1, 0.15) is 0 Å². The SMILES string of the molecule is [Cr+3].[Li+].[Mn+2].[O-2].[O-2].[O-2].[O-2].[O-2].[Ti+4]. The van der Waals surface area contributed by atoms with Crippen LogP contribution in [-0.4, -0.2) is 0 Å². The van der Waals surface area contributed by atoms with Crippen LogP contribution in [0.5, 0.6) is 0 Å². The van der Waals surface area contributed by atoms with Gasteiger partial charge in [-0.3, -0.25) is 0 Å². The van der Waals surface area contributed by atoms with Crippen LogP contribution in [-0.2, 0) is 83.5 Å². The zero-order valence-corrected chi connectivity index (χ0v) is 8.34. The summed E-state index contributed by atoms with van der Waals surface area (Å²) in [6, 6.07) is 0. The van der Waals surface area contributed by atoms with E-state index in [0.717, 1.165) is 0 Å². The van der Waals surface area contributed by atoms with E-state index >= 15 is 0 Å². The van der Waals surface area contributed by atoms with E-state index in [4.69, 9.17) is 0 Å². The summed E-state index contributed by atoms with van der Waals surface area (Å²) in [6.07, 6.45) is 0. The molecule has 2 radical (unpaired) electrons. The van der Waals surface area contributed by atoms with E-state index in [0.29, 0.717) is 0 Å². The van der Waals surface area contributed by atoms with E-state index in [1.54, 1.807) is 0 Å². The summed E-state index contributed by atoms with van der Waals surface area (Å²) in [4.78, 5) is 0. The molecule has 0 aromatic rings. The van der Waals surface area contributed by atoms with Crippen LogP contribution in [0.4, 0.5) is 0 Å². The van der Waals surface area contributed by atoms with Crippen molar-refractivity contribution in [2.75, 3.05) is 0 Å². The fourth-order valence-electron chi connectivity index (χ4n) is 0. The Morgan fingerprint density at radius 3 is 0.556 bits per heavy atom. The Kier molecular flexibility index (Phi) is 4990. The van der Waals surface area contributed by atoms with Crippen LogP contribution in [0.25, 0.3) is 0 Å². The Balaban J connectivity index is 0. The fourth-order valence-corrected chi connectivity index (χ4v) is 0. The molecule has 0 spiro atoms. The Morgan fingerprint density at radius 2 is 0.556 bits per heavy atom. The molecule has 5 nitrogen and oxygen atoms in total. The van der Waals surface area contributed by atoms with Crippen molar-refractivity contribution < 1.29 is 102 Å². The molecule has 0 unspecified atom stereocenters. The van der Waals surface area contributed by atoms with Gasteiger partial charge in [0.05, 0.1) is 0 Å². The Morgan fingerprint density at radius 1 is 0.556 bits per heavy atom. The molecule has 9 heavy (non-hydrogen) atoms. The Labute approximate surface area is 102 Å². The third kappa shape index (κ3) is 145. The van der Waals surface area contributed by atoms with Crippen molar-refractivity contribution in [3.8, 4) is 0 Å². The maximum absolute atomic E-state index is 0. The quantitative estimate of drug-likeness (QED) is 0.386. The van der Waals surface area contributed by atoms with Gasteiger partial charge in [0, 0.05) is 0 Å². The standard InChI is InChI=1S/Cr.Li.Mn.5O.Ti/q+3;+1;+2;5*-2;+4. The number of hydrogen-bond donors (Lipinski definition) is 0. The first-order chi connectivity index (χ1) is 0. The van der Waals surface area contributed by atoms with Gasteiger partial charge in [0.1, 0.15) is 0 Å². The minimum Gasteiger partial charge on any atom is -2.00 e. The smallest absolute Gasteiger partial charge is 2.00 e. The second-order valence-electron chi connectivity index (χ2n) is 0. The molecule has 0 atom stereocenters. The van der Waals surface area contributed by atoms with Gasteiger partial charge in [-0.05, 0) is 0 Å². The second-order valence-corrected chi connectivity index (χ2v) is 0. The Bertz CT molecular complexity index is 16.9. The molecule has 0 saturated carbocycles. The maximum atomic E-state index is 0. The summed E-state index contributed by atoms with van der Waals surface area (Å²) in [5.74, 6) is 0. The molecule has 0 heterocycles. The van der Waals surface area contributed by atoms with Gasteiger partial charge in [-0.1, -0.05) is 0 Å². The molecule has 0 saturated heterocycles. The molecule has 0 aliphatic carbocycles.